The van der Waals surface area contributed by atoms with Gasteiger partial charge in [-0.25, -0.2) is 14.4 Å². The van der Waals surface area contributed by atoms with Gasteiger partial charge >= 0.3 is 0 Å². The number of hydrogen-bond donors (Lipinski definition) is 0. The summed E-state index contributed by atoms with van der Waals surface area (Å²) >= 11 is 7.81. The quantitative estimate of drug-likeness (QED) is 0.325. The van der Waals surface area contributed by atoms with Gasteiger partial charge in [-0.3, -0.25) is 0 Å². The van der Waals surface area contributed by atoms with Gasteiger partial charge in [-0.2, -0.15) is 0 Å². The topological polar surface area (TPSA) is 43.2 Å². The number of pyridine rings is 1. The highest BCUT2D eigenvalue weighted by Crippen LogP contribution is 2.35. The van der Waals surface area contributed by atoms with Crippen LogP contribution in [0.25, 0.3) is 0 Å². The first-order valence-corrected chi connectivity index (χ1v) is 14.0. The third-order valence-corrected chi connectivity index (χ3v) is 8.62. The van der Waals surface area contributed by atoms with Crippen molar-refractivity contribution in [2.45, 2.75) is 50.5 Å². The van der Waals surface area contributed by atoms with Gasteiger partial charge in [0, 0.05) is 58.5 Å². The number of halogens is 2. The minimum atomic E-state index is -0.361. The number of allylic oxidation sites excluding steroid dienone is 1. The average Bonchev–Trinajstić information content (AvgIpc) is 3.53. The second-order valence-electron chi connectivity index (χ2n) is 9.54. The molecule has 4 heterocycles. The first kappa shape index (κ1) is 25.3. The maximum absolute atomic E-state index is 14.1. The van der Waals surface area contributed by atoms with E-state index in [1.807, 2.05) is 36.4 Å². The molecule has 5 nitrogen and oxygen atoms in total. The van der Waals surface area contributed by atoms with Crippen molar-refractivity contribution in [3.63, 3.8) is 0 Å². The Labute approximate surface area is 221 Å². The molecule has 2 atom stereocenters. The van der Waals surface area contributed by atoms with Crippen LogP contribution in [-0.2, 0) is 19.6 Å². The number of piperidine rings is 1. The van der Waals surface area contributed by atoms with Crippen LogP contribution in [0.2, 0.25) is 5.02 Å². The van der Waals surface area contributed by atoms with Crippen LogP contribution in [0, 0.1) is 11.7 Å². The predicted octanol–water partition coefficient (Wildman–Crippen LogP) is 6.34. The molecule has 0 amide bonds. The summed E-state index contributed by atoms with van der Waals surface area (Å²) in [7, 11) is 0. The summed E-state index contributed by atoms with van der Waals surface area (Å²) in [6.07, 6.45) is 9.54. The maximum Gasteiger partial charge on any atom is 0.213 e. The van der Waals surface area contributed by atoms with Gasteiger partial charge in [0.15, 0.2) is 0 Å². The fourth-order valence-electron chi connectivity index (χ4n) is 5.09. The fraction of sp³-hybridized carbons (Fsp3) is 0.429. The molecule has 190 valence electrons. The smallest absolute Gasteiger partial charge is 0.213 e. The summed E-state index contributed by atoms with van der Waals surface area (Å²) in [5.74, 6) is 1.14. The fourth-order valence-corrected chi connectivity index (χ4v) is 6.43. The highest BCUT2D eigenvalue weighted by Gasteiger charge is 2.29. The van der Waals surface area contributed by atoms with Gasteiger partial charge in [0.05, 0.1) is 6.33 Å². The number of benzene rings is 1. The minimum absolute atomic E-state index is 0.130. The number of hydrogen-bond acceptors (Lipinski definition) is 5. The number of ether oxygens (including phenoxy) is 1. The maximum atomic E-state index is 14.1. The summed E-state index contributed by atoms with van der Waals surface area (Å²) in [6.45, 7) is 6.52. The second-order valence-corrected chi connectivity index (χ2v) is 11.1. The zero-order valence-corrected chi connectivity index (χ0v) is 22.1. The van der Waals surface area contributed by atoms with Crippen molar-refractivity contribution in [2.75, 3.05) is 19.6 Å². The Morgan fingerprint density at radius 1 is 1.19 bits per heavy atom. The predicted molar refractivity (Wildman–Crippen MR) is 144 cm³/mol. The number of nitrogens with zero attached hydrogens (tertiary/aromatic N) is 4. The average molecular weight is 527 g/mol. The van der Waals surface area contributed by atoms with Gasteiger partial charge < -0.3 is 14.2 Å². The number of imidazole rings is 1. The SMILES string of the molecule is CCn1cncc1CC1C=CSC1CN1CCC(c2cccc(OCc3ccc(Cl)cc3F)n2)CC1. The van der Waals surface area contributed by atoms with Gasteiger partial charge in [0.25, 0.3) is 0 Å². The van der Waals surface area contributed by atoms with Crippen molar-refractivity contribution in [3.8, 4) is 5.88 Å². The molecule has 2 aromatic heterocycles. The summed E-state index contributed by atoms with van der Waals surface area (Å²) in [5.41, 5.74) is 2.85. The van der Waals surface area contributed by atoms with E-state index in [1.54, 1.807) is 12.1 Å². The van der Waals surface area contributed by atoms with Crippen molar-refractivity contribution >= 4 is 23.4 Å². The van der Waals surface area contributed by atoms with E-state index >= 15 is 0 Å². The molecular weight excluding hydrogens is 495 g/mol. The zero-order valence-electron chi connectivity index (χ0n) is 20.5. The minimum Gasteiger partial charge on any atom is -0.473 e. The molecule has 2 unspecified atom stereocenters. The lowest BCUT2D eigenvalue weighted by atomic mass is 9.92. The van der Waals surface area contributed by atoms with Crippen LogP contribution in [0.15, 0.2) is 60.4 Å². The van der Waals surface area contributed by atoms with E-state index in [4.69, 9.17) is 21.3 Å². The Morgan fingerprint density at radius 2 is 2.06 bits per heavy atom. The Kier molecular flexibility index (Phi) is 8.29. The summed E-state index contributed by atoms with van der Waals surface area (Å²) in [4.78, 5) is 11.7. The van der Waals surface area contributed by atoms with Crippen LogP contribution < -0.4 is 4.74 Å². The van der Waals surface area contributed by atoms with E-state index in [9.17, 15) is 4.39 Å². The zero-order chi connectivity index (χ0) is 24.9. The normalized spacial score (nSPS) is 20.8. The molecular formula is C28H32ClFN4OS. The van der Waals surface area contributed by atoms with Crippen LogP contribution in [0.3, 0.4) is 0 Å². The first-order chi connectivity index (χ1) is 17.6. The van der Waals surface area contributed by atoms with Crippen LogP contribution >= 0.6 is 23.4 Å². The summed E-state index contributed by atoms with van der Waals surface area (Å²) in [5, 5.41) is 3.25. The Morgan fingerprint density at radius 3 is 2.86 bits per heavy atom. The molecule has 8 heteroatoms. The van der Waals surface area contributed by atoms with E-state index in [2.05, 4.69) is 38.9 Å². The lowest BCUT2D eigenvalue weighted by Gasteiger charge is -2.34. The third-order valence-electron chi connectivity index (χ3n) is 7.22. The molecule has 0 aliphatic carbocycles. The van der Waals surface area contributed by atoms with Crippen molar-refractivity contribution in [3.05, 3.63) is 88.2 Å². The molecule has 0 bridgehead atoms. The molecule has 5 rings (SSSR count). The monoisotopic (exact) mass is 526 g/mol. The van der Waals surface area contributed by atoms with Crippen LogP contribution in [-0.4, -0.2) is 44.3 Å². The highest BCUT2D eigenvalue weighted by molar-refractivity contribution is 8.03. The molecule has 0 spiro atoms. The van der Waals surface area contributed by atoms with Gasteiger partial charge in [0.2, 0.25) is 5.88 Å². The van der Waals surface area contributed by atoms with Crippen molar-refractivity contribution in [1.82, 2.24) is 19.4 Å². The van der Waals surface area contributed by atoms with Crippen LogP contribution in [0.4, 0.5) is 4.39 Å². The Bertz CT molecular complexity index is 1190. The van der Waals surface area contributed by atoms with Crippen LogP contribution in [0.1, 0.15) is 42.6 Å². The molecule has 1 aromatic carbocycles. The van der Waals surface area contributed by atoms with E-state index in [1.165, 1.54) is 11.8 Å². The molecule has 36 heavy (non-hydrogen) atoms. The Hall–Kier alpha value is -2.35. The van der Waals surface area contributed by atoms with E-state index in [0.717, 1.165) is 51.1 Å². The molecule has 3 aromatic rings. The largest absolute Gasteiger partial charge is 0.473 e. The molecule has 0 radical (unpaired) electrons. The van der Waals surface area contributed by atoms with Crippen molar-refractivity contribution in [2.24, 2.45) is 5.92 Å². The third kappa shape index (κ3) is 6.13. The summed E-state index contributed by atoms with van der Waals surface area (Å²) in [6, 6.07) is 10.5. The first-order valence-electron chi connectivity index (χ1n) is 12.7. The molecule has 1 saturated heterocycles. The second kappa shape index (κ2) is 11.8. The lowest BCUT2D eigenvalue weighted by Crippen LogP contribution is -2.39. The molecule has 2 aliphatic heterocycles. The van der Waals surface area contributed by atoms with E-state index < -0.39 is 0 Å². The molecule has 0 saturated carbocycles. The van der Waals surface area contributed by atoms with Gasteiger partial charge in [0.1, 0.15) is 12.4 Å². The Balaban J connectivity index is 1.12. The van der Waals surface area contributed by atoms with E-state index in [-0.39, 0.29) is 12.4 Å². The highest BCUT2D eigenvalue weighted by atomic mass is 35.5. The van der Waals surface area contributed by atoms with Gasteiger partial charge in [-0.1, -0.05) is 29.8 Å². The number of aromatic nitrogens is 3. The number of aryl methyl sites for hydroxylation is 1. The molecule has 1 fully saturated rings. The molecule has 0 N–H and O–H groups in total. The van der Waals surface area contributed by atoms with Gasteiger partial charge in [-0.15, -0.1) is 11.8 Å². The van der Waals surface area contributed by atoms with Crippen molar-refractivity contribution < 1.29 is 9.13 Å². The number of likely N-dealkylation sites (tertiary alicyclic amines) is 1. The van der Waals surface area contributed by atoms with Crippen molar-refractivity contribution in [1.29, 1.82) is 0 Å². The molecule has 2 aliphatic rings. The van der Waals surface area contributed by atoms with Gasteiger partial charge in [-0.05, 0) is 68.8 Å². The standard InChI is InChI=1S/C28H32ClFN4OS/c1-2-34-19-31-16-24(34)14-21-10-13-36-27(21)17-33-11-8-20(9-12-33)26-4-3-5-28(32-26)35-18-22-6-7-23(29)15-25(22)30/h3-7,10,13,15-16,19-21,27H,2,8-9,11-12,14,17-18H2,1H3. The summed E-state index contributed by atoms with van der Waals surface area (Å²) < 4.78 is 22.1. The number of thioether (sulfide) groups is 1. The van der Waals surface area contributed by atoms with Crippen LogP contribution in [0.5, 0.6) is 5.88 Å². The lowest BCUT2D eigenvalue weighted by molar-refractivity contribution is 0.204. The van der Waals surface area contributed by atoms with E-state index in [0.29, 0.717) is 33.6 Å². The number of rotatable bonds is 9.